The summed E-state index contributed by atoms with van der Waals surface area (Å²) in [6.07, 6.45) is 3.81. The highest BCUT2D eigenvalue weighted by molar-refractivity contribution is 5.44. The van der Waals surface area contributed by atoms with Gasteiger partial charge in [0.1, 0.15) is 0 Å². The van der Waals surface area contributed by atoms with Crippen LogP contribution in [0.4, 0.5) is 0 Å². The van der Waals surface area contributed by atoms with E-state index in [1.165, 1.54) is 11.3 Å². The molecule has 0 aliphatic rings. The maximum Gasteiger partial charge on any atom is 0.0683 e. The summed E-state index contributed by atoms with van der Waals surface area (Å²) in [6, 6.07) is 10.5. The summed E-state index contributed by atoms with van der Waals surface area (Å²) >= 11 is 0. The molecule has 2 aromatic rings. The van der Waals surface area contributed by atoms with Crippen molar-refractivity contribution in [1.82, 2.24) is 9.78 Å². The van der Waals surface area contributed by atoms with Crippen LogP contribution < -0.4 is 0 Å². The van der Waals surface area contributed by atoms with Gasteiger partial charge in [0.2, 0.25) is 0 Å². The fourth-order valence-electron chi connectivity index (χ4n) is 1.94. The molecule has 0 spiro atoms. The van der Waals surface area contributed by atoms with Crippen molar-refractivity contribution in [2.75, 3.05) is 0 Å². The third kappa shape index (κ3) is 2.12. The van der Waals surface area contributed by atoms with Crippen LogP contribution in [0.5, 0.6) is 0 Å². The van der Waals surface area contributed by atoms with Gasteiger partial charge in [-0.2, -0.15) is 5.10 Å². The number of para-hydroxylation sites is 1. The normalized spacial score (nSPS) is 12.1. The van der Waals surface area contributed by atoms with E-state index in [-0.39, 0.29) is 5.41 Å². The Kier molecular flexibility index (Phi) is 3.05. The number of rotatable bonds is 3. The lowest BCUT2D eigenvalue weighted by atomic mass is 9.74. The van der Waals surface area contributed by atoms with Crippen LogP contribution >= 0.6 is 0 Å². The SMILES string of the molecule is CC(C)C(C)(C)c1ccccc1-n1cccn1. The molecule has 1 aromatic heterocycles. The van der Waals surface area contributed by atoms with Gasteiger partial charge in [-0.25, -0.2) is 4.68 Å². The minimum atomic E-state index is 0.141. The van der Waals surface area contributed by atoms with Crippen LogP contribution in [0.15, 0.2) is 42.7 Å². The Balaban J connectivity index is 2.56. The van der Waals surface area contributed by atoms with E-state index in [1.807, 2.05) is 23.1 Å². The summed E-state index contributed by atoms with van der Waals surface area (Å²) in [4.78, 5) is 0. The van der Waals surface area contributed by atoms with E-state index in [0.717, 1.165) is 0 Å². The van der Waals surface area contributed by atoms with Crippen molar-refractivity contribution in [2.24, 2.45) is 5.92 Å². The molecule has 17 heavy (non-hydrogen) atoms. The van der Waals surface area contributed by atoms with Crippen LogP contribution in [0.25, 0.3) is 5.69 Å². The Labute approximate surface area is 103 Å². The third-order valence-electron chi connectivity index (χ3n) is 3.79. The monoisotopic (exact) mass is 228 g/mol. The smallest absolute Gasteiger partial charge is 0.0683 e. The number of aromatic nitrogens is 2. The molecule has 2 rings (SSSR count). The summed E-state index contributed by atoms with van der Waals surface area (Å²) in [5.41, 5.74) is 2.66. The molecule has 0 atom stereocenters. The molecule has 0 saturated heterocycles. The lowest BCUT2D eigenvalue weighted by Crippen LogP contribution is -2.26. The number of hydrogen-bond donors (Lipinski definition) is 0. The van der Waals surface area contributed by atoms with E-state index in [4.69, 9.17) is 0 Å². The van der Waals surface area contributed by atoms with Gasteiger partial charge < -0.3 is 0 Å². The van der Waals surface area contributed by atoms with E-state index >= 15 is 0 Å². The molecule has 2 nitrogen and oxygen atoms in total. The predicted molar refractivity (Wildman–Crippen MR) is 71.4 cm³/mol. The van der Waals surface area contributed by atoms with Gasteiger partial charge >= 0.3 is 0 Å². The first-order chi connectivity index (χ1) is 8.03. The zero-order chi connectivity index (χ0) is 12.5. The van der Waals surface area contributed by atoms with Crippen molar-refractivity contribution in [3.63, 3.8) is 0 Å². The van der Waals surface area contributed by atoms with Gasteiger partial charge in [-0.05, 0) is 29.0 Å². The first-order valence-corrected chi connectivity index (χ1v) is 6.13. The lowest BCUT2D eigenvalue weighted by Gasteiger charge is -2.31. The fraction of sp³-hybridized carbons (Fsp3) is 0.400. The van der Waals surface area contributed by atoms with Crippen molar-refractivity contribution in [3.8, 4) is 5.69 Å². The van der Waals surface area contributed by atoms with Gasteiger partial charge in [-0.15, -0.1) is 0 Å². The third-order valence-corrected chi connectivity index (χ3v) is 3.79. The number of nitrogens with zero attached hydrogens (tertiary/aromatic N) is 2. The summed E-state index contributed by atoms with van der Waals surface area (Å²) in [5.74, 6) is 0.583. The predicted octanol–water partition coefficient (Wildman–Crippen LogP) is 3.81. The fourth-order valence-corrected chi connectivity index (χ4v) is 1.94. The maximum atomic E-state index is 4.34. The van der Waals surface area contributed by atoms with Crippen molar-refractivity contribution >= 4 is 0 Å². The van der Waals surface area contributed by atoms with Gasteiger partial charge in [0.05, 0.1) is 5.69 Å². The quantitative estimate of drug-likeness (QED) is 0.781. The Morgan fingerprint density at radius 3 is 2.41 bits per heavy atom. The molecule has 0 saturated carbocycles. The maximum absolute atomic E-state index is 4.34. The summed E-state index contributed by atoms with van der Waals surface area (Å²) < 4.78 is 1.94. The van der Waals surface area contributed by atoms with Gasteiger partial charge in [-0.1, -0.05) is 45.9 Å². The second-order valence-corrected chi connectivity index (χ2v) is 5.34. The summed E-state index contributed by atoms with van der Waals surface area (Å²) in [6.45, 7) is 9.11. The van der Waals surface area contributed by atoms with Crippen LogP contribution in [-0.2, 0) is 5.41 Å². The molecular weight excluding hydrogens is 208 g/mol. The highest BCUT2D eigenvalue weighted by Gasteiger charge is 2.27. The second kappa shape index (κ2) is 4.36. The summed E-state index contributed by atoms with van der Waals surface area (Å²) in [7, 11) is 0. The van der Waals surface area contributed by atoms with E-state index in [2.05, 4.69) is 57.1 Å². The molecule has 2 heteroatoms. The Morgan fingerprint density at radius 1 is 1.12 bits per heavy atom. The average molecular weight is 228 g/mol. The first kappa shape index (κ1) is 11.9. The van der Waals surface area contributed by atoms with Crippen LogP contribution in [0.3, 0.4) is 0 Å². The first-order valence-electron chi connectivity index (χ1n) is 6.13. The zero-order valence-electron chi connectivity index (χ0n) is 11.0. The van der Waals surface area contributed by atoms with Crippen LogP contribution in [0.1, 0.15) is 33.3 Å². The molecule has 0 unspecified atom stereocenters. The van der Waals surface area contributed by atoms with Crippen molar-refractivity contribution in [1.29, 1.82) is 0 Å². The van der Waals surface area contributed by atoms with Crippen LogP contribution in [0.2, 0.25) is 0 Å². The van der Waals surface area contributed by atoms with Gasteiger partial charge in [0.15, 0.2) is 0 Å². The Hall–Kier alpha value is -1.57. The average Bonchev–Trinajstić information content (AvgIpc) is 2.82. The van der Waals surface area contributed by atoms with Gasteiger partial charge in [0, 0.05) is 12.4 Å². The minimum absolute atomic E-state index is 0.141. The highest BCUT2D eigenvalue weighted by atomic mass is 15.3. The molecule has 0 N–H and O–H groups in total. The molecule has 0 amide bonds. The summed E-state index contributed by atoms with van der Waals surface area (Å²) in [5, 5.41) is 4.34. The second-order valence-electron chi connectivity index (χ2n) is 5.34. The molecule has 90 valence electrons. The molecular formula is C15H20N2. The van der Waals surface area contributed by atoms with Crippen molar-refractivity contribution in [3.05, 3.63) is 48.3 Å². The number of benzene rings is 1. The lowest BCUT2D eigenvalue weighted by molar-refractivity contribution is 0.371. The minimum Gasteiger partial charge on any atom is -0.241 e. The topological polar surface area (TPSA) is 17.8 Å². The standard InChI is InChI=1S/C15H20N2/c1-12(2)15(3,4)13-8-5-6-9-14(13)17-11-7-10-16-17/h5-12H,1-4H3. The van der Waals surface area contributed by atoms with E-state index < -0.39 is 0 Å². The largest absolute Gasteiger partial charge is 0.241 e. The van der Waals surface area contributed by atoms with Gasteiger partial charge in [-0.3, -0.25) is 0 Å². The van der Waals surface area contributed by atoms with Crippen LogP contribution in [-0.4, -0.2) is 9.78 Å². The zero-order valence-corrected chi connectivity index (χ0v) is 11.0. The molecule has 0 radical (unpaired) electrons. The van der Waals surface area contributed by atoms with E-state index in [9.17, 15) is 0 Å². The molecule has 0 aliphatic heterocycles. The molecule has 1 heterocycles. The molecule has 0 fully saturated rings. The number of hydrogen-bond acceptors (Lipinski definition) is 1. The van der Waals surface area contributed by atoms with Crippen molar-refractivity contribution in [2.45, 2.75) is 33.1 Å². The molecule has 0 aliphatic carbocycles. The Bertz CT molecular complexity index is 481. The molecule has 0 bridgehead atoms. The Morgan fingerprint density at radius 2 is 1.82 bits per heavy atom. The van der Waals surface area contributed by atoms with Crippen LogP contribution in [0, 0.1) is 5.92 Å². The van der Waals surface area contributed by atoms with Gasteiger partial charge in [0.25, 0.3) is 0 Å². The molecule has 1 aromatic carbocycles. The van der Waals surface area contributed by atoms with Crippen molar-refractivity contribution < 1.29 is 0 Å². The highest BCUT2D eigenvalue weighted by Crippen LogP contribution is 2.34. The van der Waals surface area contributed by atoms with E-state index in [1.54, 1.807) is 0 Å². The van der Waals surface area contributed by atoms with E-state index in [0.29, 0.717) is 5.92 Å².